The fourth-order valence-corrected chi connectivity index (χ4v) is 2.46. The highest BCUT2D eigenvalue weighted by molar-refractivity contribution is 5.69. The van der Waals surface area contributed by atoms with Crippen LogP contribution < -0.4 is 0 Å². The Morgan fingerprint density at radius 3 is 2.63 bits per heavy atom. The first-order valence-electron chi connectivity index (χ1n) is 6.96. The second kappa shape index (κ2) is 7.10. The lowest BCUT2D eigenvalue weighted by Gasteiger charge is -2.27. The number of nitrogens with zero attached hydrogens (tertiary/aromatic N) is 1. The minimum absolute atomic E-state index is 0.0000205. The molecule has 1 amide bonds. The highest BCUT2D eigenvalue weighted by Crippen LogP contribution is 2.28. The lowest BCUT2D eigenvalue weighted by molar-refractivity contribution is 0.0172. The molecule has 0 bridgehead atoms. The zero-order valence-electron chi connectivity index (χ0n) is 12.5. The molecule has 0 aromatic carbocycles. The molecule has 5 nitrogen and oxygen atoms in total. The maximum Gasteiger partial charge on any atom is 0.410 e. The van der Waals surface area contributed by atoms with Gasteiger partial charge in [-0.2, -0.15) is 0 Å². The highest BCUT2D eigenvalue weighted by Gasteiger charge is 2.36. The van der Waals surface area contributed by atoms with Crippen molar-refractivity contribution in [3.05, 3.63) is 0 Å². The Kier molecular flexibility index (Phi) is 6.07. The summed E-state index contributed by atoms with van der Waals surface area (Å²) < 4.78 is 10.4. The zero-order chi connectivity index (χ0) is 14.5. The van der Waals surface area contributed by atoms with Gasteiger partial charge in [0.2, 0.25) is 0 Å². The maximum atomic E-state index is 12.1. The van der Waals surface area contributed by atoms with Crippen molar-refractivity contribution >= 4 is 6.09 Å². The van der Waals surface area contributed by atoms with Gasteiger partial charge in [-0.05, 0) is 46.0 Å². The van der Waals surface area contributed by atoms with Crippen LogP contribution in [-0.4, -0.2) is 54.6 Å². The Labute approximate surface area is 115 Å². The third-order valence-corrected chi connectivity index (χ3v) is 3.30. The predicted octanol–water partition coefficient (Wildman–Crippen LogP) is 2.03. The van der Waals surface area contributed by atoms with E-state index in [4.69, 9.17) is 9.47 Å². The summed E-state index contributed by atoms with van der Waals surface area (Å²) in [7, 11) is 1.69. The number of likely N-dealkylation sites (tertiary alicyclic amines) is 1. The summed E-state index contributed by atoms with van der Waals surface area (Å²) in [6.45, 7) is 6.97. The van der Waals surface area contributed by atoms with Crippen molar-refractivity contribution in [3.63, 3.8) is 0 Å². The van der Waals surface area contributed by atoms with Crippen LogP contribution in [0.5, 0.6) is 0 Å². The fraction of sp³-hybridized carbons (Fsp3) is 0.929. The van der Waals surface area contributed by atoms with Gasteiger partial charge in [-0.15, -0.1) is 0 Å². The number of aliphatic hydroxyl groups excluding tert-OH is 1. The quantitative estimate of drug-likeness (QED) is 0.779. The predicted molar refractivity (Wildman–Crippen MR) is 73.0 cm³/mol. The van der Waals surface area contributed by atoms with Crippen LogP contribution in [0, 0.1) is 5.92 Å². The molecule has 19 heavy (non-hydrogen) atoms. The third kappa shape index (κ3) is 5.37. The van der Waals surface area contributed by atoms with Gasteiger partial charge in [0, 0.05) is 20.3 Å². The molecular formula is C14H27NO4. The van der Waals surface area contributed by atoms with Crippen molar-refractivity contribution in [2.45, 2.75) is 51.7 Å². The van der Waals surface area contributed by atoms with E-state index in [-0.39, 0.29) is 18.7 Å². The molecule has 0 spiro atoms. The normalized spacial score (nSPS) is 23.7. The number of rotatable bonds is 5. The molecule has 1 saturated heterocycles. The van der Waals surface area contributed by atoms with Crippen molar-refractivity contribution in [1.29, 1.82) is 0 Å². The molecule has 0 aromatic heterocycles. The number of amides is 1. The van der Waals surface area contributed by atoms with Crippen molar-refractivity contribution in [3.8, 4) is 0 Å². The highest BCUT2D eigenvalue weighted by atomic mass is 16.6. The summed E-state index contributed by atoms with van der Waals surface area (Å²) >= 11 is 0. The van der Waals surface area contributed by atoms with Crippen molar-refractivity contribution in [1.82, 2.24) is 4.90 Å². The Morgan fingerprint density at radius 1 is 1.42 bits per heavy atom. The van der Waals surface area contributed by atoms with Crippen LogP contribution in [-0.2, 0) is 9.47 Å². The van der Waals surface area contributed by atoms with Crippen LogP contribution in [0.1, 0.15) is 40.0 Å². The van der Waals surface area contributed by atoms with E-state index < -0.39 is 5.60 Å². The standard InChI is InChI=1S/C14H27NO4/c1-14(2,3)19-13(17)15-9-11(6-5-7-18-4)8-12(15)10-16/h11-12,16H,5-10H2,1-4H3/t11-,12+/m1/s1. The number of hydrogen-bond donors (Lipinski definition) is 1. The van der Waals surface area contributed by atoms with E-state index in [0.29, 0.717) is 12.5 Å². The smallest absolute Gasteiger partial charge is 0.410 e. The Bertz CT molecular complexity index is 288. The average molecular weight is 273 g/mol. The second-order valence-electron chi connectivity index (χ2n) is 6.21. The molecule has 1 fully saturated rings. The van der Waals surface area contributed by atoms with Gasteiger partial charge < -0.3 is 19.5 Å². The molecule has 112 valence electrons. The summed E-state index contributed by atoms with van der Waals surface area (Å²) in [5.41, 5.74) is -0.495. The Balaban J connectivity index is 2.50. The number of methoxy groups -OCH3 is 1. The summed E-state index contributed by atoms with van der Waals surface area (Å²) in [5.74, 6) is 0.430. The zero-order valence-corrected chi connectivity index (χ0v) is 12.5. The fourth-order valence-electron chi connectivity index (χ4n) is 2.46. The van der Waals surface area contributed by atoms with Crippen LogP contribution >= 0.6 is 0 Å². The van der Waals surface area contributed by atoms with Crippen molar-refractivity contribution < 1.29 is 19.4 Å². The van der Waals surface area contributed by atoms with Gasteiger partial charge in [0.1, 0.15) is 5.60 Å². The van der Waals surface area contributed by atoms with Crippen LogP contribution in [0.25, 0.3) is 0 Å². The lowest BCUT2D eigenvalue weighted by atomic mass is 10.0. The monoisotopic (exact) mass is 273 g/mol. The molecule has 1 rings (SSSR count). The second-order valence-corrected chi connectivity index (χ2v) is 6.21. The molecule has 0 saturated carbocycles. The van der Waals surface area contributed by atoms with Gasteiger partial charge in [-0.25, -0.2) is 4.79 Å². The van der Waals surface area contributed by atoms with Crippen LogP contribution in [0.4, 0.5) is 4.79 Å². The van der Waals surface area contributed by atoms with Gasteiger partial charge in [0.15, 0.2) is 0 Å². The first-order chi connectivity index (χ1) is 8.87. The van der Waals surface area contributed by atoms with E-state index in [1.807, 2.05) is 20.8 Å². The van der Waals surface area contributed by atoms with Crippen molar-refractivity contribution in [2.75, 3.05) is 26.9 Å². The summed E-state index contributed by atoms with van der Waals surface area (Å²) in [5, 5.41) is 9.40. The number of ether oxygens (including phenoxy) is 2. The third-order valence-electron chi connectivity index (χ3n) is 3.30. The Hall–Kier alpha value is -0.810. The molecular weight excluding hydrogens is 246 g/mol. The van der Waals surface area contributed by atoms with Gasteiger partial charge in [-0.3, -0.25) is 0 Å². The van der Waals surface area contributed by atoms with Gasteiger partial charge >= 0.3 is 6.09 Å². The molecule has 0 radical (unpaired) electrons. The number of carbonyl (C=O) groups is 1. The lowest BCUT2D eigenvalue weighted by Crippen LogP contribution is -2.41. The van der Waals surface area contributed by atoms with Gasteiger partial charge in [0.25, 0.3) is 0 Å². The molecule has 1 heterocycles. The molecule has 0 aliphatic carbocycles. The van der Waals surface area contributed by atoms with E-state index in [1.54, 1.807) is 12.0 Å². The first kappa shape index (κ1) is 16.2. The SMILES string of the molecule is COCCC[C@@H]1C[C@@H](CO)N(C(=O)OC(C)(C)C)C1. The van der Waals surface area contributed by atoms with E-state index >= 15 is 0 Å². The summed E-state index contributed by atoms with van der Waals surface area (Å²) in [6.07, 6.45) is 2.53. The first-order valence-corrected chi connectivity index (χ1v) is 6.96. The minimum atomic E-state index is -0.495. The van der Waals surface area contributed by atoms with Crippen LogP contribution in [0.3, 0.4) is 0 Å². The molecule has 5 heteroatoms. The molecule has 2 atom stereocenters. The van der Waals surface area contributed by atoms with Crippen molar-refractivity contribution in [2.24, 2.45) is 5.92 Å². The van der Waals surface area contributed by atoms with E-state index in [0.717, 1.165) is 25.9 Å². The van der Waals surface area contributed by atoms with Gasteiger partial charge in [0.05, 0.1) is 12.6 Å². The molecule has 1 aliphatic rings. The number of aliphatic hydroxyl groups is 1. The van der Waals surface area contributed by atoms with Crippen LogP contribution in [0.15, 0.2) is 0 Å². The molecule has 0 aromatic rings. The van der Waals surface area contributed by atoms with E-state index in [2.05, 4.69) is 0 Å². The topological polar surface area (TPSA) is 59.0 Å². The van der Waals surface area contributed by atoms with Crippen LogP contribution in [0.2, 0.25) is 0 Å². The molecule has 0 unspecified atom stereocenters. The maximum absolute atomic E-state index is 12.1. The number of carbonyl (C=O) groups excluding carboxylic acids is 1. The van der Waals surface area contributed by atoms with Gasteiger partial charge in [-0.1, -0.05) is 0 Å². The summed E-state index contributed by atoms with van der Waals surface area (Å²) in [4.78, 5) is 13.7. The molecule has 1 N–H and O–H groups in total. The minimum Gasteiger partial charge on any atom is -0.444 e. The van der Waals surface area contributed by atoms with E-state index in [9.17, 15) is 9.90 Å². The largest absolute Gasteiger partial charge is 0.444 e. The average Bonchev–Trinajstić information content (AvgIpc) is 2.70. The molecule has 1 aliphatic heterocycles. The Morgan fingerprint density at radius 2 is 2.11 bits per heavy atom. The summed E-state index contributed by atoms with van der Waals surface area (Å²) in [6, 6.07) is -0.109. The van der Waals surface area contributed by atoms with E-state index in [1.165, 1.54) is 0 Å². The number of hydrogen-bond acceptors (Lipinski definition) is 4.